The Morgan fingerprint density at radius 2 is 2.19 bits per heavy atom. The van der Waals surface area contributed by atoms with E-state index in [1.165, 1.54) is 7.11 Å². The van der Waals surface area contributed by atoms with E-state index in [-0.39, 0.29) is 5.69 Å². The first-order valence-electron chi connectivity index (χ1n) is 5.06. The van der Waals surface area contributed by atoms with E-state index in [0.29, 0.717) is 11.6 Å². The monoisotopic (exact) mass is 219 g/mol. The van der Waals surface area contributed by atoms with E-state index < -0.39 is 5.97 Å². The van der Waals surface area contributed by atoms with Gasteiger partial charge in [0.2, 0.25) is 0 Å². The van der Waals surface area contributed by atoms with Crippen LogP contribution in [0.25, 0.3) is 11.0 Å². The van der Waals surface area contributed by atoms with Crippen molar-refractivity contribution < 1.29 is 9.53 Å². The zero-order chi connectivity index (χ0) is 11.7. The van der Waals surface area contributed by atoms with Crippen LogP contribution in [0.2, 0.25) is 0 Å². The molecule has 1 N–H and O–H groups in total. The van der Waals surface area contributed by atoms with Gasteiger partial charge in [-0.1, -0.05) is 13.8 Å². The Morgan fingerprint density at radius 1 is 1.44 bits per heavy atom. The molecule has 0 amide bonds. The molecule has 2 rings (SSSR count). The molecule has 0 aliphatic rings. The molecule has 0 radical (unpaired) electrons. The van der Waals surface area contributed by atoms with Crippen LogP contribution in [0, 0.1) is 0 Å². The normalized spacial score (nSPS) is 11.0. The van der Waals surface area contributed by atoms with Crippen molar-refractivity contribution in [1.29, 1.82) is 0 Å². The maximum Gasteiger partial charge on any atom is 0.356 e. The van der Waals surface area contributed by atoms with Crippen LogP contribution in [-0.2, 0) is 4.74 Å². The summed E-state index contributed by atoms with van der Waals surface area (Å²) in [5, 5.41) is 7.95. The summed E-state index contributed by atoms with van der Waals surface area (Å²) in [5.74, 6) is -0.105. The summed E-state index contributed by atoms with van der Waals surface area (Å²) in [5.41, 5.74) is 1.85. The number of ether oxygens (including phenoxy) is 1. The van der Waals surface area contributed by atoms with Gasteiger partial charge in [-0.25, -0.2) is 9.78 Å². The number of H-pyrrole nitrogens is 1. The average Bonchev–Trinajstić information content (AvgIpc) is 2.70. The van der Waals surface area contributed by atoms with Gasteiger partial charge in [0.25, 0.3) is 0 Å². The number of carbonyl (C=O) groups is 1. The molecule has 5 nitrogen and oxygen atoms in total. The van der Waals surface area contributed by atoms with Gasteiger partial charge in [-0.15, -0.1) is 0 Å². The van der Waals surface area contributed by atoms with E-state index >= 15 is 0 Å². The number of pyridine rings is 1. The highest BCUT2D eigenvalue weighted by atomic mass is 16.5. The molecule has 2 aromatic rings. The third-order valence-electron chi connectivity index (χ3n) is 2.42. The fourth-order valence-corrected chi connectivity index (χ4v) is 1.58. The minimum absolute atomic E-state index is 0.275. The largest absolute Gasteiger partial charge is 0.464 e. The molecule has 16 heavy (non-hydrogen) atoms. The lowest BCUT2D eigenvalue weighted by Crippen LogP contribution is -2.03. The summed E-state index contributed by atoms with van der Waals surface area (Å²) in [6.07, 6.45) is 0. The van der Waals surface area contributed by atoms with Gasteiger partial charge in [0.1, 0.15) is 0 Å². The van der Waals surface area contributed by atoms with E-state index in [1.54, 1.807) is 6.07 Å². The molecule has 5 heteroatoms. The van der Waals surface area contributed by atoms with Crippen LogP contribution < -0.4 is 0 Å². The summed E-state index contributed by atoms with van der Waals surface area (Å²) < 4.78 is 4.60. The van der Waals surface area contributed by atoms with Crippen molar-refractivity contribution in [2.45, 2.75) is 19.8 Å². The van der Waals surface area contributed by atoms with Crippen LogP contribution in [0.4, 0.5) is 0 Å². The second-order valence-corrected chi connectivity index (χ2v) is 3.85. The van der Waals surface area contributed by atoms with Crippen molar-refractivity contribution in [2.24, 2.45) is 0 Å². The number of methoxy groups -OCH3 is 1. The number of aromatic nitrogens is 3. The van der Waals surface area contributed by atoms with Gasteiger partial charge in [-0.3, -0.25) is 5.10 Å². The summed E-state index contributed by atoms with van der Waals surface area (Å²) in [6, 6.07) is 3.49. The standard InChI is InChI=1S/C11H13N3O2/c1-6(2)9-7-4-5-8(11(15)16-3)12-10(7)14-13-9/h4-6H,1-3H3,(H,12,13,14). The summed E-state index contributed by atoms with van der Waals surface area (Å²) in [6.45, 7) is 4.14. The van der Waals surface area contributed by atoms with Crippen molar-refractivity contribution in [1.82, 2.24) is 15.2 Å². The first-order valence-corrected chi connectivity index (χ1v) is 5.06. The molecule has 0 unspecified atom stereocenters. The molecular formula is C11H13N3O2. The highest BCUT2D eigenvalue weighted by molar-refractivity contribution is 5.90. The molecule has 0 aromatic carbocycles. The fourth-order valence-electron chi connectivity index (χ4n) is 1.58. The molecular weight excluding hydrogens is 206 g/mol. The van der Waals surface area contributed by atoms with Crippen molar-refractivity contribution in [3.05, 3.63) is 23.5 Å². The molecule has 0 fully saturated rings. The van der Waals surface area contributed by atoms with Gasteiger partial charge in [0, 0.05) is 11.1 Å². The maximum atomic E-state index is 11.3. The number of nitrogens with zero attached hydrogens (tertiary/aromatic N) is 2. The lowest BCUT2D eigenvalue weighted by Gasteiger charge is -2.01. The van der Waals surface area contributed by atoms with E-state index in [2.05, 4.69) is 33.8 Å². The number of rotatable bonds is 2. The van der Waals surface area contributed by atoms with Gasteiger partial charge in [0.15, 0.2) is 11.3 Å². The Kier molecular flexibility index (Phi) is 2.60. The van der Waals surface area contributed by atoms with Crippen LogP contribution in [0.3, 0.4) is 0 Å². The summed E-state index contributed by atoms with van der Waals surface area (Å²) in [7, 11) is 1.33. The predicted octanol–water partition coefficient (Wildman–Crippen LogP) is 1.87. The van der Waals surface area contributed by atoms with Crippen molar-refractivity contribution in [3.8, 4) is 0 Å². The molecule has 2 aromatic heterocycles. The smallest absolute Gasteiger partial charge is 0.356 e. The van der Waals surface area contributed by atoms with Crippen LogP contribution in [0.5, 0.6) is 0 Å². The molecule has 0 atom stereocenters. The summed E-state index contributed by atoms with van der Waals surface area (Å²) >= 11 is 0. The number of carbonyl (C=O) groups excluding carboxylic acids is 1. The number of hydrogen-bond acceptors (Lipinski definition) is 4. The minimum Gasteiger partial charge on any atom is -0.464 e. The van der Waals surface area contributed by atoms with E-state index in [4.69, 9.17) is 0 Å². The Balaban J connectivity index is 2.53. The topological polar surface area (TPSA) is 67.9 Å². The number of esters is 1. The maximum absolute atomic E-state index is 11.3. The van der Waals surface area contributed by atoms with Crippen LogP contribution in [-0.4, -0.2) is 28.3 Å². The molecule has 0 spiro atoms. The van der Waals surface area contributed by atoms with Crippen molar-refractivity contribution in [3.63, 3.8) is 0 Å². The second kappa shape index (κ2) is 3.92. The van der Waals surface area contributed by atoms with E-state index in [1.807, 2.05) is 6.07 Å². The van der Waals surface area contributed by atoms with Crippen molar-refractivity contribution >= 4 is 17.0 Å². The highest BCUT2D eigenvalue weighted by Crippen LogP contribution is 2.21. The van der Waals surface area contributed by atoms with Gasteiger partial charge < -0.3 is 4.74 Å². The molecule has 0 saturated carbocycles. The summed E-state index contributed by atoms with van der Waals surface area (Å²) in [4.78, 5) is 15.4. The fraction of sp³-hybridized carbons (Fsp3) is 0.364. The van der Waals surface area contributed by atoms with Gasteiger partial charge in [0.05, 0.1) is 7.11 Å². The lowest BCUT2D eigenvalue weighted by atomic mass is 10.1. The Morgan fingerprint density at radius 3 is 2.81 bits per heavy atom. The number of fused-ring (bicyclic) bond motifs is 1. The number of nitrogens with one attached hydrogen (secondary N) is 1. The zero-order valence-corrected chi connectivity index (χ0v) is 9.44. The lowest BCUT2D eigenvalue weighted by molar-refractivity contribution is 0.0594. The molecule has 2 heterocycles. The molecule has 0 bridgehead atoms. The number of aromatic amines is 1. The average molecular weight is 219 g/mol. The predicted molar refractivity (Wildman–Crippen MR) is 59.3 cm³/mol. The Hall–Kier alpha value is -1.91. The number of hydrogen-bond donors (Lipinski definition) is 1. The van der Waals surface area contributed by atoms with Crippen LogP contribution in [0.1, 0.15) is 35.9 Å². The molecule has 84 valence electrons. The quantitative estimate of drug-likeness (QED) is 0.783. The third-order valence-corrected chi connectivity index (χ3v) is 2.42. The molecule has 0 saturated heterocycles. The van der Waals surface area contributed by atoms with Gasteiger partial charge in [-0.05, 0) is 18.1 Å². The zero-order valence-electron chi connectivity index (χ0n) is 9.44. The van der Waals surface area contributed by atoms with E-state index in [0.717, 1.165) is 11.1 Å². The first kappa shape index (κ1) is 10.6. The van der Waals surface area contributed by atoms with Crippen LogP contribution in [0.15, 0.2) is 12.1 Å². The molecule has 0 aliphatic heterocycles. The van der Waals surface area contributed by atoms with Crippen LogP contribution >= 0.6 is 0 Å². The van der Waals surface area contributed by atoms with E-state index in [9.17, 15) is 4.79 Å². The van der Waals surface area contributed by atoms with Crippen molar-refractivity contribution in [2.75, 3.05) is 7.11 Å². The second-order valence-electron chi connectivity index (χ2n) is 3.85. The highest BCUT2D eigenvalue weighted by Gasteiger charge is 2.13. The Labute approximate surface area is 92.8 Å². The third kappa shape index (κ3) is 1.64. The Bertz CT molecular complexity index is 531. The SMILES string of the molecule is COC(=O)c1ccc2c(C(C)C)[nH]nc2n1. The molecule has 0 aliphatic carbocycles. The minimum atomic E-state index is -0.448. The van der Waals surface area contributed by atoms with Gasteiger partial charge in [-0.2, -0.15) is 5.10 Å². The first-order chi connectivity index (χ1) is 7.63. The van der Waals surface area contributed by atoms with Gasteiger partial charge >= 0.3 is 5.97 Å².